The van der Waals surface area contributed by atoms with E-state index in [0.29, 0.717) is 11.5 Å². The van der Waals surface area contributed by atoms with Crippen molar-refractivity contribution in [3.8, 4) is 39.6 Å². The summed E-state index contributed by atoms with van der Waals surface area (Å²) in [6.45, 7) is 22.7. The van der Waals surface area contributed by atoms with Gasteiger partial charge in [0.15, 0.2) is 0 Å². The fraction of sp³-hybridized carbons (Fsp3) is 0.182. The molecule has 0 spiro atoms. The van der Waals surface area contributed by atoms with Gasteiger partial charge in [0.2, 0.25) is 0 Å². The Labute approximate surface area is 443 Å². The minimum atomic E-state index is -0.0843. The maximum absolute atomic E-state index is 6.81. The molecule has 0 saturated heterocycles. The molecule has 3 aromatic heterocycles. The van der Waals surface area contributed by atoms with Crippen LogP contribution in [-0.2, 0) is 37.3 Å². The number of anilines is 4. The van der Waals surface area contributed by atoms with Crippen molar-refractivity contribution in [3.63, 3.8) is 0 Å². The smallest absolute Gasteiger partial charge is 0.137 e. The number of nitrogens with zero attached hydrogens (tertiary/aromatic N) is 4. The predicted octanol–water partition coefficient (Wildman–Crippen LogP) is 18.1. The molecular weight excluding hydrogens is 1080 g/mol. The van der Waals surface area contributed by atoms with Crippen LogP contribution in [0.25, 0.3) is 71.8 Å². The van der Waals surface area contributed by atoms with Gasteiger partial charge in [-0.05, 0) is 85.8 Å². The number of hydrogen-bond acceptors (Lipinski definition) is 5. The molecule has 0 unspecified atom stereocenters. The Kier molecular flexibility index (Phi) is 11.8. The van der Waals surface area contributed by atoms with Crippen LogP contribution in [0.15, 0.2) is 180 Å². The van der Waals surface area contributed by atoms with Gasteiger partial charge < -0.3 is 23.5 Å². The van der Waals surface area contributed by atoms with Gasteiger partial charge in [-0.1, -0.05) is 171 Å². The van der Waals surface area contributed by atoms with Crippen molar-refractivity contribution in [2.24, 2.45) is 0 Å². The molecule has 1 aliphatic rings. The Balaban J connectivity index is 0.00000574. The second-order valence-electron chi connectivity index (χ2n) is 22.2. The van der Waals surface area contributed by atoms with E-state index in [1.54, 1.807) is 0 Å². The van der Waals surface area contributed by atoms with Crippen molar-refractivity contribution in [3.05, 3.63) is 212 Å². The number of ether oxygens (including phenoxy) is 1. The molecule has 0 N–H and O–H groups in total. The van der Waals surface area contributed by atoms with Crippen LogP contribution in [0.4, 0.5) is 22.7 Å². The van der Waals surface area contributed by atoms with Crippen LogP contribution in [0.1, 0.15) is 79.0 Å². The summed E-state index contributed by atoms with van der Waals surface area (Å²) in [5.74, 6) is 1.95. The van der Waals surface area contributed by atoms with E-state index in [9.17, 15) is 0 Å². The molecule has 0 radical (unpaired) electrons. The van der Waals surface area contributed by atoms with Crippen molar-refractivity contribution in [2.45, 2.75) is 78.6 Å². The van der Waals surface area contributed by atoms with Crippen molar-refractivity contribution >= 4 is 66.5 Å². The van der Waals surface area contributed by atoms with Gasteiger partial charge in [0.05, 0.1) is 10.9 Å². The molecular formula is C66H57N4O2Pt-3. The fourth-order valence-electron chi connectivity index (χ4n) is 10.3. The number of rotatable bonds is 7. The molecule has 4 heterocycles. The second-order valence-corrected chi connectivity index (χ2v) is 22.2. The van der Waals surface area contributed by atoms with Gasteiger partial charge in [-0.2, -0.15) is 12.1 Å². The number of benzene rings is 8. The van der Waals surface area contributed by atoms with Gasteiger partial charge in [0.25, 0.3) is 0 Å². The third-order valence-corrected chi connectivity index (χ3v) is 14.2. The summed E-state index contributed by atoms with van der Waals surface area (Å²) in [6, 6.07) is 67.6. The molecule has 6 nitrogen and oxygen atoms in total. The first-order valence-electron chi connectivity index (χ1n) is 24.9. The van der Waals surface area contributed by atoms with Crippen molar-refractivity contribution < 1.29 is 30.2 Å². The van der Waals surface area contributed by atoms with Gasteiger partial charge in [0, 0.05) is 72.3 Å². The SMILES string of the molecule is CC(C)(C)c1cc(-c2cccc(-c3ccccc3)c2N2[CH-]N(c3[c-]c(Oc4[c-]c5c(cc4)c4ccc6oc7ccccc7c6c4n5-c4cc(C(C)(C)C)ccn4)ccc3)c3ccccc32)cc(C(C)(C)C)c1.[Pt]. The summed E-state index contributed by atoms with van der Waals surface area (Å²) in [6.07, 6.45) is 1.91. The molecule has 0 fully saturated rings. The van der Waals surface area contributed by atoms with Crippen LogP contribution in [0, 0.1) is 18.8 Å². The van der Waals surface area contributed by atoms with Crippen LogP contribution < -0.4 is 14.5 Å². The molecule has 0 bridgehead atoms. The first kappa shape index (κ1) is 47.9. The van der Waals surface area contributed by atoms with Crippen LogP contribution in [0.5, 0.6) is 11.5 Å². The van der Waals surface area contributed by atoms with Crippen molar-refractivity contribution in [1.29, 1.82) is 0 Å². The standard InChI is InChI=1S/C66H57N4O2.Pt/c1-64(2,3)44-33-34-67-60(38-44)70-57-40-49(29-30-52(57)53-31-32-59-61(63(53)70)54-23-13-16-28-58(54)72-59)71-48-22-17-21-47(39-48)68-41-69(56-27-15-14-26-55(56)68)62-50(42-19-11-10-12-20-42)24-18-25-51(62)43-35-45(65(4,5)6)37-46(36-43)66(7,8)9;/h10-38,41H,1-9H3;/q-3;. The topological polar surface area (TPSA) is 46.7 Å². The van der Waals surface area contributed by atoms with Gasteiger partial charge in [0.1, 0.15) is 17.0 Å². The fourth-order valence-corrected chi connectivity index (χ4v) is 10.3. The maximum Gasteiger partial charge on any atom is 0.137 e. The van der Waals surface area contributed by atoms with E-state index < -0.39 is 0 Å². The molecule has 8 aromatic carbocycles. The molecule has 11 aromatic rings. The van der Waals surface area contributed by atoms with E-state index in [-0.39, 0.29) is 37.3 Å². The number of furan rings is 1. The van der Waals surface area contributed by atoms with Gasteiger partial charge >= 0.3 is 0 Å². The van der Waals surface area contributed by atoms with Crippen molar-refractivity contribution in [1.82, 2.24) is 9.55 Å². The summed E-state index contributed by atoms with van der Waals surface area (Å²) in [7, 11) is 0. The van der Waals surface area contributed by atoms with Crippen LogP contribution in [-0.4, -0.2) is 9.55 Å². The Hall–Kier alpha value is -7.40. The molecule has 1 aliphatic heterocycles. The predicted molar refractivity (Wildman–Crippen MR) is 298 cm³/mol. The zero-order valence-corrected chi connectivity index (χ0v) is 45.0. The summed E-state index contributed by atoms with van der Waals surface area (Å²) >= 11 is 0. The van der Waals surface area contributed by atoms with Crippen LogP contribution in [0.2, 0.25) is 0 Å². The molecule has 7 heteroatoms. The van der Waals surface area contributed by atoms with E-state index in [2.05, 4.69) is 235 Å². The molecule has 12 rings (SSSR count). The van der Waals surface area contributed by atoms with Crippen LogP contribution >= 0.6 is 0 Å². The molecule has 366 valence electrons. The van der Waals surface area contributed by atoms with Crippen LogP contribution in [0.3, 0.4) is 0 Å². The molecule has 0 amide bonds. The number of aromatic nitrogens is 2. The summed E-state index contributed by atoms with van der Waals surface area (Å²) in [4.78, 5) is 9.59. The summed E-state index contributed by atoms with van der Waals surface area (Å²) in [5, 5.41) is 4.23. The monoisotopic (exact) mass is 1130 g/mol. The largest absolute Gasteiger partial charge is 0.509 e. The Morgan fingerprint density at radius 1 is 0.507 bits per heavy atom. The van der Waals surface area contributed by atoms with Gasteiger partial charge in [-0.3, -0.25) is 0 Å². The Bertz CT molecular complexity index is 3870. The second kappa shape index (κ2) is 18.0. The maximum atomic E-state index is 6.81. The van der Waals surface area contributed by atoms with Gasteiger partial charge in [-0.15, -0.1) is 48.1 Å². The van der Waals surface area contributed by atoms with E-state index in [4.69, 9.17) is 14.1 Å². The Morgan fingerprint density at radius 2 is 1.14 bits per heavy atom. The van der Waals surface area contributed by atoms with Gasteiger partial charge in [-0.25, -0.2) is 4.98 Å². The first-order chi connectivity index (χ1) is 34.6. The quantitative estimate of drug-likeness (QED) is 0.149. The average Bonchev–Trinajstić information content (AvgIpc) is 4.05. The molecule has 0 aliphatic carbocycles. The zero-order chi connectivity index (χ0) is 49.7. The van der Waals surface area contributed by atoms with E-state index in [1.807, 2.05) is 36.5 Å². The molecule has 0 saturated carbocycles. The number of hydrogen-bond donors (Lipinski definition) is 0. The van der Waals surface area contributed by atoms with E-state index in [1.165, 1.54) is 22.3 Å². The third kappa shape index (κ3) is 8.50. The number of para-hydroxylation sites is 4. The van der Waals surface area contributed by atoms with E-state index >= 15 is 0 Å². The summed E-state index contributed by atoms with van der Waals surface area (Å²) in [5.41, 5.74) is 15.9. The number of pyridine rings is 1. The minimum Gasteiger partial charge on any atom is -0.509 e. The molecule has 0 atom stereocenters. The zero-order valence-electron chi connectivity index (χ0n) is 42.7. The molecule has 73 heavy (non-hydrogen) atoms. The number of fused-ring (bicyclic) bond motifs is 8. The van der Waals surface area contributed by atoms with Crippen molar-refractivity contribution in [2.75, 3.05) is 9.80 Å². The minimum absolute atomic E-state index is 0. The Morgan fingerprint density at radius 3 is 1.86 bits per heavy atom. The summed E-state index contributed by atoms with van der Waals surface area (Å²) < 4.78 is 15.5. The first-order valence-corrected chi connectivity index (χ1v) is 24.9. The van der Waals surface area contributed by atoms with E-state index in [0.717, 1.165) is 89.0 Å². The normalized spacial score (nSPS) is 13.1. The third-order valence-electron chi connectivity index (χ3n) is 14.2. The average molecular weight is 1130 g/mol.